The van der Waals surface area contributed by atoms with Gasteiger partial charge in [0.05, 0.1) is 6.04 Å². The monoisotopic (exact) mass is 242 g/mol. The first-order valence-corrected chi connectivity index (χ1v) is 6.58. The van der Waals surface area contributed by atoms with Gasteiger partial charge in [0.1, 0.15) is 0 Å². The number of rotatable bonds is 5. The number of carbonyl (C=O) groups is 1. The fourth-order valence-corrected chi connectivity index (χ4v) is 2.65. The maximum Gasteiger partial charge on any atom is 0.239 e. The third-order valence-corrected chi connectivity index (χ3v) is 3.36. The number of ether oxygens (including phenoxy) is 1. The van der Waals surface area contributed by atoms with Gasteiger partial charge in [0.15, 0.2) is 0 Å². The lowest BCUT2D eigenvalue weighted by Gasteiger charge is -2.36. The first-order valence-electron chi connectivity index (χ1n) is 6.58. The summed E-state index contributed by atoms with van der Waals surface area (Å²) in [4.78, 5) is 14.1. The molecule has 1 aliphatic rings. The molecule has 4 nitrogen and oxygen atoms in total. The molecular formula is C13H26N2O2. The molecule has 1 aliphatic heterocycles. The highest BCUT2D eigenvalue weighted by molar-refractivity contribution is 5.81. The molecule has 0 spiro atoms. The van der Waals surface area contributed by atoms with E-state index in [0.717, 1.165) is 19.5 Å². The van der Waals surface area contributed by atoms with E-state index in [2.05, 4.69) is 13.8 Å². The van der Waals surface area contributed by atoms with Crippen LogP contribution in [0.25, 0.3) is 0 Å². The summed E-state index contributed by atoms with van der Waals surface area (Å²) in [5.41, 5.74) is 5.93. The molecule has 0 aromatic carbocycles. The second-order valence-electron chi connectivity index (χ2n) is 5.43. The summed E-state index contributed by atoms with van der Waals surface area (Å²) in [5, 5.41) is 0. The number of piperidine rings is 1. The fraction of sp³-hybridized carbons (Fsp3) is 0.923. The molecule has 3 unspecified atom stereocenters. The van der Waals surface area contributed by atoms with Gasteiger partial charge in [-0.05, 0) is 31.1 Å². The Morgan fingerprint density at radius 1 is 1.41 bits per heavy atom. The Bertz CT molecular complexity index is 236. The predicted molar refractivity (Wildman–Crippen MR) is 68.6 cm³/mol. The van der Waals surface area contributed by atoms with Gasteiger partial charge in [-0.15, -0.1) is 0 Å². The van der Waals surface area contributed by atoms with Gasteiger partial charge in [0, 0.05) is 26.8 Å². The van der Waals surface area contributed by atoms with Crippen LogP contribution >= 0.6 is 0 Å². The first-order chi connectivity index (χ1) is 8.04. The quantitative estimate of drug-likeness (QED) is 0.738. The maximum absolute atomic E-state index is 12.1. The average Bonchev–Trinajstić information content (AvgIpc) is 2.27. The molecule has 0 radical (unpaired) electrons. The zero-order chi connectivity index (χ0) is 12.8. The van der Waals surface area contributed by atoms with Gasteiger partial charge in [-0.3, -0.25) is 4.79 Å². The molecule has 100 valence electrons. The smallest absolute Gasteiger partial charge is 0.239 e. The van der Waals surface area contributed by atoms with Crippen molar-refractivity contribution >= 4 is 5.91 Å². The van der Waals surface area contributed by atoms with Crippen LogP contribution in [0.2, 0.25) is 0 Å². The molecule has 0 aromatic heterocycles. The lowest BCUT2D eigenvalue weighted by molar-refractivity contribution is -0.135. The summed E-state index contributed by atoms with van der Waals surface area (Å²) in [7, 11) is 1.67. The molecule has 1 rings (SSSR count). The van der Waals surface area contributed by atoms with E-state index >= 15 is 0 Å². The number of likely N-dealkylation sites (tertiary alicyclic amines) is 1. The molecule has 0 bridgehead atoms. The van der Waals surface area contributed by atoms with Crippen LogP contribution in [-0.4, -0.2) is 43.7 Å². The zero-order valence-electron chi connectivity index (χ0n) is 11.3. The Labute approximate surface area is 104 Å². The van der Waals surface area contributed by atoms with E-state index in [1.165, 1.54) is 6.42 Å². The molecule has 3 atom stereocenters. The molecule has 0 aliphatic carbocycles. The summed E-state index contributed by atoms with van der Waals surface area (Å²) < 4.78 is 4.97. The summed E-state index contributed by atoms with van der Waals surface area (Å²) in [6, 6.07) is -0.359. The van der Waals surface area contributed by atoms with Crippen molar-refractivity contribution in [3.8, 4) is 0 Å². The van der Waals surface area contributed by atoms with Gasteiger partial charge in [0.2, 0.25) is 5.91 Å². The minimum Gasteiger partial charge on any atom is -0.385 e. The Morgan fingerprint density at radius 3 is 2.53 bits per heavy atom. The molecule has 1 fully saturated rings. The van der Waals surface area contributed by atoms with E-state index in [-0.39, 0.29) is 11.9 Å². The van der Waals surface area contributed by atoms with Gasteiger partial charge >= 0.3 is 0 Å². The lowest BCUT2D eigenvalue weighted by Crippen LogP contribution is -2.49. The van der Waals surface area contributed by atoms with E-state index in [4.69, 9.17) is 10.5 Å². The van der Waals surface area contributed by atoms with Crippen LogP contribution in [0.3, 0.4) is 0 Å². The van der Waals surface area contributed by atoms with E-state index in [9.17, 15) is 4.79 Å². The number of nitrogens with zero attached hydrogens (tertiary/aromatic N) is 1. The van der Waals surface area contributed by atoms with Gasteiger partial charge in [-0.2, -0.15) is 0 Å². The van der Waals surface area contributed by atoms with Crippen molar-refractivity contribution < 1.29 is 9.53 Å². The standard InChI is InChI=1S/C13H26N2O2/c1-10-7-11(2)9-15(8-10)13(16)12(14)5-4-6-17-3/h10-12H,4-9,14H2,1-3H3. The van der Waals surface area contributed by atoms with Crippen LogP contribution in [0.15, 0.2) is 0 Å². The molecule has 2 N–H and O–H groups in total. The number of methoxy groups -OCH3 is 1. The number of hydrogen-bond donors (Lipinski definition) is 1. The maximum atomic E-state index is 12.1. The van der Waals surface area contributed by atoms with E-state index in [1.807, 2.05) is 4.90 Å². The van der Waals surface area contributed by atoms with Crippen LogP contribution in [0.4, 0.5) is 0 Å². The van der Waals surface area contributed by atoms with Gasteiger partial charge in [0.25, 0.3) is 0 Å². The third kappa shape index (κ3) is 4.64. The van der Waals surface area contributed by atoms with Crippen LogP contribution < -0.4 is 5.73 Å². The zero-order valence-corrected chi connectivity index (χ0v) is 11.3. The minimum absolute atomic E-state index is 0.111. The second-order valence-corrected chi connectivity index (χ2v) is 5.43. The van der Waals surface area contributed by atoms with Crippen LogP contribution in [0, 0.1) is 11.8 Å². The van der Waals surface area contributed by atoms with E-state index in [1.54, 1.807) is 7.11 Å². The molecular weight excluding hydrogens is 216 g/mol. The van der Waals surface area contributed by atoms with E-state index < -0.39 is 0 Å². The van der Waals surface area contributed by atoms with Crippen molar-refractivity contribution in [2.45, 2.75) is 39.2 Å². The van der Waals surface area contributed by atoms with Crippen molar-refractivity contribution in [1.29, 1.82) is 0 Å². The number of carbonyl (C=O) groups excluding carboxylic acids is 1. The Morgan fingerprint density at radius 2 is 2.00 bits per heavy atom. The van der Waals surface area contributed by atoms with Crippen LogP contribution in [-0.2, 0) is 9.53 Å². The van der Waals surface area contributed by atoms with Crippen molar-refractivity contribution in [3.63, 3.8) is 0 Å². The predicted octanol–water partition coefficient (Wildman–Crippen LogP) is 1.24. The Hall–Kier alpha value is -0.610. The van der Waals surface area contributed by atoms with Gasteiger partial charge in [-0.1, -0.05) is 13.8 Å². The Kier molecular flexibility index (Phi) is 5.92. The molecule has 0 saturated carbocycles. The topological polar surface area (TPSA) is 55.6 Å². The highest BCUT2D eigenvalue weighted by Gasteiger charge is 2.28. The summed E-state index contributed by atoms with van der Waals surface area (Å²) in [6.07, 6.45) is 2.77. The highest BCUT2D eigenvalue weighted by atomic mass is 16.5. The Balaban J connectivity index is 2.39. The van der Waals surface area contributed by atoms with Crippen molar-refractivity contribution in [2.75, 3.05) is 26.8 Å². The minimum atomic E-state index is -0.359. The van der Waals surface area contributed by atoms with Crippen LogP contribution in [0.1, 0.15) is 33.1 Å². The summed E-state index contributed by atoms with van der Waals surface area (Å²) >= 11 is 0. The normalized spacial score (nSPS) is 26.9. The molecule has 1 heterocycles. The molecule has 4 heteroatoms. The van der Waals surface area contributed by atoms with Crippen LogP contribution in [0.5, 0.6) is 0 Å². The van der Waals surface area contributed by atoms with E-state index in [0.29, 0.717) is 24.9 Å². The van der Waals surface area contributed by atoms with Crippen molar-refractivity contribution in [1.82, 2.24) is 4.90 Å². The number of hydrogen-bond acceptors (Lipinski definition) is 3. The SMILES string of the molecule is COCCCC(N)C(=O)N1CC(C)CC(C)C1. The third-order valence-electron chi connectivity index (χ3n) is 3.36. The van der Waals surface area contributed by atoms with Gasteiger partial charge in [-0.25, -0.2) is 0 Å². The largest absolute Gasteiger partial charge is 0.385 e. The summed E-state index contributed by atoms with van der Waals surface area (Å²) in [6.45, 7) is 6.80. The van der Waals surface area contributed by atoms with Crippen molar-refractivity contribution in [3.05, 3.63) is 0 Å². The second kappa shape index (κ2) is 6.97. The van der Waals surface area contributed by atoms with Crippen molar-refractivity contribution in [2.24, 2.45) is 17.6 Å². The lowest BCUT2D eigenvalue weighted by atomic mass is 9.91. The molecule has 1 saturated heterocycles. The summed E-state index contributed by atoms with van der Waals surface area (Å²) in [5.74, 6) is 1.29. The van der Waals surface area contributed by atoms with Gasteiger partial charge < -0.3 is 15.4 Å². The number of amides is 1. The number of nitrogens with two attached hydrogens (primary N) is 1. The fourth-order valence-electron chi connectivity index (χ4n) is 2.65. The first kappa shape index (κ1) is 14.5. The average molecular weight is 242 g/mol. The highest BCUT2D eigenvalue weighted by Crippen LogP contribution is 2.21. The molecule has 1 amide bonds. The molecule has 17 heavy (non-hydrogen) atoms. The molecule has 0 aromatic rings.